The van der Waals surface area contributed by atoms with Crippen molar-refractivity contribution in [3.8, 4) is 0 Å². The summed E-state index contributed by atoms with van der Waals surface area (Å²) >= 11 is 0. The fourth-order valence-corrected chi connectivity index (χ4v) is 2.10. The highest BCUT2D eigenvalue weighted by Crippen LogP contribution is 2.27. The van der Waals surface area contributed by atoms with E-state index < -0.39 is 6.04 Å². The molecule has 0 saturated carbocycles. The Bertz CT molecular complexity index is 557. The van der Waals surface area contributed by atoms with Crippen molar-refractivity contribution < 1.29 is 4.79 Å². The van der Waals surface area contributed by atoms with Gasteiger partial charge in [0.25, 0.3) is 0 Å². The van der Waals surface area contributed by atoms with E-state index in [1.165, 1.54) is 4.90 Å². The van der Waals surface area contributed by atoms with Gasteiger partial charge in [-0.25, -0.2) is 0 Å². The van der Waals surface area contributed by atoms with Gasteiger partial charge in [-0.2, -0.15) is 0 Å². The molecule has 0 aliphatic rings. The number of nitrogens with two attached hydrogens (primary N) is 1. The number of likely N-dealkylation sites (N-methyl/N-ethyl adjacent to an activating group) is 1. The zero-order valence-corrected chi connectivity index (χ0v) is 10.3. The number of nitrogens with one attached hydrogen (secondary N) is 1. The molecule has 0 spiro atoms. The van der Waals surface area contributed by atoms with Crippen LogP contribution in [0.1, 0.15) is 17.3 Å². The predicted octanol–water partition coefficient (Wildman–Crippen LogP) is 1.56. The minimum absolute atomic E-state index is 0.0853. The molecule has 0 saturated heterocycles. The van der Waals surface area contributed by atoms with Crippen molar-refractivity contribution in [2.45, 2.75) is 13.0 Å². The number of benzene rings is 1. The Morgan fingerprint density at radius 1 is 1.35 bits per heavy atom. The fraction of sp³-hybridized carbons (Fsp3) is 0.308. The summed E-state index contributed by atoms with van der Waals surface area (Å²) in [6.07, 6.45) is 0. The highest BCUT2D eigenvalue weighted by Gasteiger charge is 2.22. The van der Waals surface area contributed by atoms with E-state index in [1.807, 2.05) is 31.2 Å². The van der Waals surface area contributed by atoms with Crippen LogP contribution >= 0.6 is 0 Å². The molecule has 1 aromatic carbocycles. The lowest BCUT2D eigenvalue weighted by atomic mass is 10.0. The molecule has 1 unspecified atom stereocenters. The minimum Gasteiger partial charge on any atom is -0.358 e. The van der Waals surface area contributed by atoms with E-state index in [4.69, 9.17) is 5.73 Å². The van der Waals surface area contributed by atoms with Crippen LogP contribution in [0.4, 0.5) is 0 Å². The summed E-state index contributed by atoms with van der Waals surface area (Å²) in [6.45, 7) is 1.94. The second-order valence-corrected chi connectivity index (χ2v) is 4.42. The number of rotatable bonds is 2. The summed E-state index contributed by atoms with van der Waals surface area (Å²) < 4.78 is 0. The van der Waals surface area contributed by atoms with Crippen LogP contribution in [0, 0.1) is 6.92 Å². The Kier molecular flexibility index (Phi) is 2.90. The van der Waals surface area contributed by atoms with Gasteiger partial charge in [0, 0.05) is 36.3 Å². The van der Waals surface area contributed by atoms with Crippen LogP contribution in [0.2, 0.25) is 0 Å². The zero-order valence-electron chi connectivity index (χ0n) is 10.3. The maximum Gasteiger partial charge on any atom is 0.243 e. The lowest BCUT2D eigenvalue weighted by Crippen LogP contribution is -2.33. The Balaban J connectivity index is 2.55. The van der Waals surface area contributed by atoms with Gasteiger partial charge < -0.3 is 15.6 Å². The molecule has 0 bridgehead atoms. The summed E-state index contributed by atoms with van der Waals surface area (Å²) in [6, 6.07) is 7.27. The summed E-state index contributed by atoms with van der Waals surface area (Å²) in [5.41, 5.74) is 8.90. The average molecular weight is 231 g/mol. The van der Waals surface area contributed by atoms with E-state index in [0.29, 0.717) is 0 Å². The number of aromatic amines is 1. The van der Waals surface area contributed by atoms with Crippen molar-refractivity contribution in [2.75, 3.05) is 14.1 Å². The molecule has 1 atom stereocenters. The largest absolute Gasteiger partial charge is 0.358 e. The van der Waals surface area contributed by atoms with Crippen LogP contribution in [0.3, 0.4) is 0 Å². The molecule has 0 aliphatic carbocycles. The highest BCUT2D eigenvalue weighted by molar-refractivity contribution is 5.92. The number of amides is 1. The van der Waals surface area contributed by atoms with Gasteiger partial charge in [-0.15, -0.1) is 0 Å². The van der Waals surface area contributed by atoms with Gasteiger partial charge in [0.15, 0.2) is 0 Å². The molecular formula is C13H17N3O. The summed E-state index contributed by atoms with van der Waals surface area (Å²) in [5.74, 6) is -0.0853. The van der Waals surface area contributed by atoms with Crippen molar-refractivity contribution >= 4 is 16.8 Å². The van der Waals surface area contributed by atoms with Crippen molar-refractivity contribution in [1.82, 2.24) is 9.88 Å². The van der Waals surface area contributed by atoms with Gasteiger partial charge in [-0.05, 0) is 13.0 Å². The molecule has 0 fully saturated rings. The number of para-hydroxylation sites is 1. The second-order valence-electron chi connectivity index (χ2n) is 4.42. The molecule has 0 radical (unpaired) electrons. The first-order chi connectivity index (χ1) is 8.02. The standard InChI is InChI=1S/C13H17N3O/c1-8-11(12(14)13(17)16(2)3)9-6-4-5-7-10(9)15-8/h4-7,12,15H,14H2,1-3H3. The van der Waals surface area contributed by atoms with Crippen LogP contribution < -0.4 is 5.73 Å². The van der Waals surface area contributed by atoms with Gasteiger partial charge in [-0.3, -0.25) is 4.79 Å². The van der Waals surface area contributed by atoms with Gasteiger partial charge in [-0.1, -0.05) is 18.2 Å². The van der Waals surface area contributed by atoms with Crippen molar-refractivity contribution in [2.24, 2.45) is 5.73 Å². The second kappa shape index (κ2) is 4.22. The maximum absolute atomic E-state index is 11.9. The number of aromatic nitrogens is 1. The van der Waals surface area contributed by atoms with Crippen molar-refractivity contribution in [3.05, 3.63) is 35.5 Å². The quantitative estimate of drug-likeness (QED) is 0.824. The monoisotopic (exact) mass is 231 g/mol. The van der Waals surface area contributed by atoms with E-state index in [1.54, 1.807) is 14.1 Å². The Hall–Kier alpha value is -1.81. The van der Waals surface area contributed by atoms with Crippen LogP contribution in [0.5, 0.6) is 0 Å². The Labute approximate surface area is 100 Å². The number of fused-ring (bicyclic) bond motifs is 1. The molecule has 4 nitrogen and oxygen atoms in total. The smallest absolute Gasteiger partial charge is 0.243 e. The lowest BCUT2D eigenvalue weighted by Gasteiger charge is -2.17. The van der Waals surface area contributed by atoms with Gasteiger partial charge >= 0.3 is 0 Å². The molecule has 4 heteroatoms. The predicted molar refractivity (Wildman–Crippen MR) is 68.7 cm³/mol. The molecule has 1 heterocycles. The van der Waals surface area contributed by atoms with Crippen LogP contribution in [0.15, 0.2) is 24.3 Å². The molecule has 2 rings (SSSR count). The van der Waals surface area contributed by atoms with Crippen molar-refractivity contribution in [3.63, 3.8) is 0 Å². The van der Waals surface area contributed by atoms with Crippen LogP contribution in [-0.2, 0) is 4.79 Å². The third-order valence-corrected chi connectivity index (χ3v) is 2.96. The minimum atomic E-state index is -0.610. The highest BCUT2D eigenvalue weighted by atomic mass is 16.2. The molecule has 1 aromatic heterocycles. The average Bonchev–Trinajstić information content (AvgIpc) is 2.62. The zero-order chi connectivity index (χ0) is 12.6. The molecule has 0 aliphatic heterocycles. The third-order valence-electron chi connectivity index (χ3n) is 2.96. The number of carbonyl (C=O) groups is 1. The summed E-state index contributed by atoms with van der Waals surface area (Å²) in [7, 11) is 3.43. The first-order valence-electron chi connectivity index (χ1n) is 5.56. The molecule has 90 valence electrons. The maximum atomic E-state index is 11.9. The molecule has 17 heavy (non-hydrogen) atoms. The van der Waals surface area contributed by atoms with Crippen LogP contribution in [-0.4, -0.2) is 29.9 Å². The first kappa shape index (κ1) is 11.7. The summed E-state index contributed by atoms with van der Waals surface area (Å²) in [4.78, 5) is 16.7. The van der Waals surface area contributed by atoms with Gasteiger partial charge in [0.1, 0.15) is 6.04 Å². The molecule has 3 N–H and O–H groups in total. The normalized spacial score (nSPS) is 12.7. The number of hydrogen-bond acceptors (Lipinski definition) is 2. The SMILES string of the molecule is Cc1[nH]c2ccccc2c1C(N)C(=O)N(C)C. The first-order valence-corrected chi connectivity index (χ1v) is 5.56. The fourth-order valence-electron chi connectivity index (χ4n) is 2.10. The number of H-pyrrole nitrogens is 1. The Morgan fingerprint density at radius 3 is 2.65 bits per heavy atom. The molecule has 1 amide bonds. The Morgan fingerprint density at radius 2 is 2.00 bits per heavy atom. The van der Waals surface area contributed by atoms with E-state index in [0.717, 1.165) is 22.2 Å². The number of hydrogen-bond donors (Lipinski definition) is 2. The number of carbonyl (C=O) groups excluding carboxylic acids is 1. The topological polar surface area (TPSA) is 62.1 Å². The van der Waals surface area contributed by atoms with Gasteiger partial charge in [0.2, 0.25) is 5.91 Å². The number of nitrogens with zero attached hydrogens (tertiary/aromatic N) is 1. The van der Waals surface area contributed by atoms with E-state index >= 15 is 0 Å². The van der Waals surface area contributed by atoms with E-state index in [-0.39, 0.29) is 5.91 Å². The summed E-state index contributed by atoms with van der Waals surface area (Å²) in [5, 5.41) is 1.02. The van der Waals surface area contributed by atoms with E-state index in [2.05, 4.69) is 4.98 Å². The third kappa shape index (κ3) is 1.91. The van der Waals surface area contributed by atoms with E-state index in [9.17, 15) is 4.79 Å². The number of aryl methyl sites for hydroxylation is 1. The van der Waals surface area contributed by atoms with Crippen LogP contribution in [0.25, 0.3) is 10.9 Å². The van der Waals surface area contributed by atoms with Gasteiger partial charge in [0.05, 0.1) is 0 Å². The lowest BCUT2D eigenvalue weighted by molar-refractivity contribution is -0.130. The van der Waals surface area contributed by atoms with Crippen molar-refractivity contribution in [1.29, 1.82) is 0 Å². The molecule has 2 aromatic rings. The molecular weight excluding hydrogens is 214 g/mol.